The first-order chi connectivity index (χ1) is 12.7. The first-order valence-electron chi connectivity index (χ1n) is 8.04. The summed E-state index contributed by atoms with van der Waals surface area (Å²) in [5.41, 5.74) is 2.52. The molecule has 2 aromatic heterocycles. The molecule has 0 aliphatic rings. The van der Waals surface area contributed by atoms with Crippen LogP contribution in [0.2, 0.25) is 0 Å². The van der Waals surface area contributed by atoms with Crippen molar-refractivity contribution in [3.8, 4) is 28.5 Å². The molecule has 7 heteroatoms. The quantitative estimate of drug-likeness (QED) is 0.576. The van der Waals surface area contributed by atoms with Crippen LogP contribution in [0.15, 0.2) is 47.8 Å². The van der Waals surface area contributed by atoms with E-state index in [9.17, 15) is 5.11 Å². The summed E-state index contributed by atoms with van der Waals surface area (Å²) in [6.45, 7) is 2.28. The van der Waals surface area contributed by atoms with Gasteiger partial charge in [-0.25, -0.2) is 4.52 Å². The second kappa shape index (κ2) is 6.68. The number of hydrogen-bond donors (Lipinski definition) is 1. The summed E-state index contributed by atoms with van der Waals surface area (Å²) in [7, 11) is 1.56. The molecule has 0 bridgehead atoms. The molecule has 2 aromatic carbocycles. The number of nitrogens with zero attached hydrogens (tertiary/aromatic N) is 3. The summed E-state index contributed by atoms with van der Waals surface area (Å²) >= 11 is 1.46. The first-order valence-corrected chi connectivity index (χ1v) is 8.92. The van der Waals surface area contributed by atoms with Crippen LogP contribution in [-0.4, -0.2) is 26.8 Å². The summed E-state index contributed by atoms with van der Waals surface area (Å²) in [6.07, 6.45) is 0. The Morgan fingerprint density at radius 2 is 2.04 bits per heavy atom. The van der Waals surface area contributed by atoms with E-state index in [1.165, 1.54) is 11.3 Å². The number of ether oxygens (including phenoxy) is 2. The van der Waals surface area contributed by atoms with Gasteiger partial charge in [-0.05, 0) is 30.7 Å². The Hall–Kier alpha value is -3.06. The highest BCUT2D eigenvalue weighted by atomic mass is 32.1. The molecule has 4 aromatic rings. The van der Waals surface area contributed by atoms with E-state index in [0.29, 0.717) is 17.1 Å². The van der Waals surface area contributed by atoms with E-state index in [1.807, 2.05) is 36.6 Å². The third kappa shape index (κ3) is 2.97. The minimum absolute atomic E-state index is 0.136. The molecular weight excluding hydrogens is 350 g/mol. The molecule has 0 spiro atoms. The van der Waals surface area contributed by atoms with Gasteiger partial charge in [0, 0.05) is 17.0 Å². The van der Waals surface area contributed by atoms with Crippen molar-refractivity contribution < 1.29 is 14.6 Å². The van der Waals surface area contributed by atoms with Gasteiger partial charge < -0.3 is 14.6 Å². The van der Waals surface area contributed by atoms with Gasteiger partial charge in [-0.1, -0.05) is 18.2 Å². The smallest absolute Gasteiger partial charge is 0.212 e. The van der Waals surface area contributed by atoms with Crippen LogP contribution in [-0.2, 0) is 6.61 Å². The maximum absolute atomic E-state index is 10.3. The maximum Gasteiger partial charge on any atom is 0.212 e. The summed E-state index contributed by atoms with van der Waals surface area (Å²) in [5, 5.41) is 16.7. The van der Waals surface area contributed by atoms with E-state index in [0.717, 1.165) is 22.0 Å². The molecule has 0 aliphatic carbocycles. The lowest BCUT2D eigenvalue weighted by Gasteiger charge is -2.06. The monoisotopic (exact) mass is 367 g/mol. The van der Waals surface area contributed by atoms with Crippen LogP contribution in [0.1, 0.15) is 11.4 Å². The van der Waals surface area contributed by atoms with Gasteiger partial charge >= 0.3 is 0 Å². The van der Waals surface area contributed by atoms with Crippen LogP contribution in [0.25, 0.3) is 16.2 Å². The Balaban J connectivity index is 1.62. The fourth-order valence-corrected chi connectivity index (χ4v) is 3.53. The highest BCUT2D eigenvalue weighted by Gasteiger charge is 2.15. The first kappa shape index (κ1) is 16.4. The number of rotatable bonds is 5. The highest BCUT2D eigenvalue weighted by molar-refractivity contribution is 7.15. The normalized spacial score (nSPS) is 11.0. The van der Waals surface area contributed by atoms with Gasteiger partial charge in [0.2, 0.25) is 4.96 Å². The molecule has 0 radical (unpaired) electrons. The summed E-state index contributed by atoms with van der Waals surface area (Å²) in [6, 6.07) is 13.0. The van der Waals surface area contributed by atoms with Gasteiger partial charge in [-0.3, -0.25) is 0 Å². The molecule has 0 saturated carbocycles. The van der Waals surface area contributed by atoms with Crippen molar-refractivity contribution >= 4 is 16.3 Å². The lowest BCUT2D eigenvalue weighted by atomic mass is 10.1. The predicted molar refractivity (Wildman–Crippen MR) is 100 cm³/mol. The van der Waals surface area contributed by atoms with Crippen LogP contribution in [0.3, 0.4) is 0 Å². The largest absolute Gasteiger partial charge is 0.507 e. The van der Waals surface area contributed by atoms with Crippen LogP contribution in [0, 0.1) is 6.92 Å². The van der Waals surface area contributed by atoms with Crippen LogP contribution in [0.4, 0.5) is 0 Å². The van der Waals surface area contributed by atoms with Crippen molar-refractivity contribution in [3.05, 3.63) is 59.2 Å². The lowest BCUT2D eigenvalue weighted by molar-refractivity contribution is 0.294. The molecule has 0 aliphatic heterocycles. The molecule has 2 heterocycles. The molecule has 0 saturated heterocycles. The zero-order valence-electron chi connectivity index (χ0n) is 14.3. The maximum atomic E-state index is 10.3. The van der Waals surface area contributed by atoms with Crippen molar-refractivity contribution in [2.45, 2.75) is 13.5 Å². The number of phenolic OH excluding ortho intramolecular Hbond substituents is 1. The van der Waals surface area contributed by atoms with E-state index in [1.54, 1.807) is 29.8 Å². The Kier molecular flexibility index (Phi) is 4.22. The highest BCUT2D eigenvalue weighted by Crippen LogP contribution is 2.34. The van der Waals surface area contributed by atoms with Gasteiger partial charge in [-0.15, -0.1) is 16.4 Å². The van der Waals surface area contributed by atoms with Gasteiger partial charge in [0.25, 0.3) is 0 Å². The summed E-state index contributed by atoms with van der Waals surface area (Å²) in [5.74, 6) is 2.15. The average molecular weight is 367 g/mol. The third-order valence-corrected chi connectivity index (χ3v) is 4.87. The van der Waals surface area contributed by atoms with E-state index in [-0.39, 0.29) is 12.4 Å². The molecule has 1 N–H and O–H groups in total. The van der Waals surface area contributed by atoms with Gasteiger partial charge in [-0.2, -0.15) is 4.98 Å². The number of thiazole rings is 1. The molecule has 0 unspecified atom stereocenters. The molecular formula is C19H17N3O3S. The summed E-state index contributed by atoms with van der Waals surface area (Å²) in [4.78, 5) is 5.25. The van der Waals surface area contributed by atoms with E-state index in [4.69, 9.17) is 9.47 Å². The number of benzene rings is 2. The van der Waals surface area contributed by atoms with Crippen molar-refractivity contribution in [1.82, 2.24) is 14.6 Å². The predicted octanol–water partition coefficient (Wildman–Crippen LogP) is 4.06. The Morgan fingerprint density at radius 1 is 1.19 bits per heavy atom. The number of aromatic hydroxyl groups is 1. The number of para-hydroxylation sites is 1. The van der Waals surface area contributed by atoms with E-state index in [2.05, 4.69) is 10.1 Å². The lowest BCUT2D eigenvalue weighted by Crippen LogP contribution is -2.00. The van der Waals surface area contributed by atoms with Crippen LogP contribution < -0.4 is 9.47 Å². The van der Waals surface area contributed by atoms with Crippen molar-refractivity contribution in [2.24, 2.45) is 0 Å². The van der Waals surface area contributed by atoms with Crippen LogP contribution >= 0.6 is 11.3 Å². The standard InChI is InChI=1S/C19H17N3O3S/c1-12-5-3-4-6-17(12)25-10-18-20-19-22(21-18)15(11-26-19)14-8-7-13(24-2)9-16(14)23/h3-9,11,23H,10H2,1-2H3. The fourth-order valence-electron chi connectivity index (χ4n) is 2.68. The molecule has 4 rings (SSSR count). The molecule has 6 nitrogen and oxygen atoms in total. The summed E-state index contributed by atoms with van der Waals surface area (Å²) < 4.78 is 12.7. The van der Waals surface area contributed by atoms with Crippen molar-refractivity contribution in [3.63, 3.8) is 0 Å². The Bertz CT molecular complexity index is 1070. The number of aromatic nitrogens is 3. The zero-order valence-corrected chi connectivity index (χ0v) is 15.2. The second-order valence-electron chi connectivity index (χ2n) is 5.78. The van der Waals surface area contributed by atoms with E-state index >= 15 is 0 Å². The van der Waals surface area contributed by atoms with Gasteiger partial charge in [0.15, 0.2) is 5.82 Å². The topological polar surface area (TPSA) is 68.9 Å². The van der Waals surface area contributed by atoms with Crippen molar-refractivity contribution in [1.29, 1.82) is 0 Å². The SMILES string of the molecule is COc1ccc(-c2csc3nc(COc4ccccc4C)nn23)c(O)c1. The minimum Gasteiger partial charge on any atom is -0.507 e. The molecule has 26 heavy (non-hydrogen) atoms. The number of aryl methyl sites for hydroxylation is 1. The molecule has 0 amide bonds. The molecule has 132 valence electrons. The van der Waals surface area contributed by atoms with Crippen LogP contribution in [0.5, 0.6) is 17.2 Å². The molecule has 0 fully saturated rings. The van der Waals surface area contributed by atoms with E-state index < -0.39 is 0 Å². The Labute approximate surface area is 154 Å². The zero-order chi connectivity index (χ0) is 18.1. The number of phenols is 1. The minimum atomic E-state index is 0.136. The second-order valence-corrected chi connectivity index (χ2v) is 6.62. The fraction of sp³-hybridized carbons (Fsp3) is 0.158. The number of hydrogen-bond acceptors (Lipinski definition) is 6. The Morgan fingerprint density at radius 3 is 2.81 bits per heavy atom. The third-order valence-electron chi connectivity index (χ3n) is 4.06. The van der Waals surface area contributed by atoms with Crippen molar-refractivity contribution in [2.75, 3.05) is 7.11 Å². The molecule has 0 atom stereocenters. The number of fused-ring (bicyclic) bond motifs is 1. The average Bonchev–Trinajstić information content (AvgIpc) is 3.21. The van der Waals surface area contributed by atoms with Gasteiger partial charge in [0.05, 0.1) is 12.8 Å². The number of methoxy groups -OCH3 is 1. The van der Waals surface area contributed by atoms with Gasteiger partial charge in [0.1, 0.15) is 23.9 Å².